The first-order chi connectivity index (χ1) is 21.0. The van der Waals surface area contributed by atoms with E-state index >= 15 is 0 Å². The number of ether oxygens (including phenoxy) is 2. The zero-order chi connectivity index (χ0) is 39.5. The Bertz CT molecular complexity index is 764. The first-order valence-electron chi connectivity index (χ1n) is 16.6. The molecule has 0 amide bonds. The predicted molar refractivity (Wildman–Crippen MR) is 194 cm³/mol. The van der Waals surface area contributed by atoms with E-state index in [9.17, 15) is 13.8 Å². The minimum absolute atomic E-state index is 0.00704. The summed E-state index contributed by atoms with van der Waals surface area (Å²) in [5.74, 6) is 1.87. The third-order valence-corrected chi connectivity index (χ3v) is 3.24. The molecule has 0 aliphatic rings. The highest BCUT2D eigenvalue weighted by atomic mass is 31.2. The van der Waals surface area contributed by atoms with Gasteiger partial charge in [-0.25, -0.2) is 4.39 Å². The minimum atomic E-state index is -3.94. The number of aliphatic hydroxyl groups is 2. The Balaban J connectivity index is -0.0000000806. The number of aromatic nitrogens is 4. The summed E-state index contributed by atoms with van der Waals surface area (Å²) in [5.41, 5.74) is 0. The summed E-state index contributed by atoms with van der Waals surface area (Å²) in [6.07, 6.45) is -0.178. The number of carbonyl (C=O) groups is 1. The molecule has 0 saturated heterocycles. The number of nitrogens with zero attached hydrogens (tertiary/aromatic N) is 4. The molecule has 0 aliphatic carbocycles. The van der Waals surface area contributed by atoms with Crippen molar-refractivity contribution in [2.75, 3.05) is 13.0 Å². The van der Waals surface area contributed by atoms with E-state index in [2.05, 4.69) is 54.8 Å². The van der Waals surface area contributed by atoms with Crippen LogP contribution in [-0.4, -0.2) is 83.6 Å². The number of esters is 1. The zero-order valence-corrected chi connectivity index (χ0v) is 34.7. The van der Waals surface area contributed by atoms with E-state index in [-0.39, 0.29) is 30.2 Å². The van der Waals surface area contributed by atoms with Crippen molar-refractivity contribution >= 4 is 13.6 Å². The van der Waals surface area contributed by atoms with Crippen LogP contribution in [0.4, 0.5) is 4.39 Å². The average Bonchev–Trinajstić information content (AvgIpc) is 3.29. The Morgan fingerprint density at radius 2 is 1.17 bits per heavy atom. The van der Waals surface area contributed by atoms with Crippen molar-refractivity contribution in [3.63, 3.8) is 0 Å². The lowest BCUT2D eigenvalue weighted by atomic mass is 10.2. The molecule has 1 aromatic heterocycles. The van der Waals surface area contributed by atoms with Crippen LogP contribution in [0, 0.1) is 24.7 Å². The summed E-state index contributed by atoms with van der Waals surface area (Å²) in [6.45, 7) is 38.1. The molecule has 47 heavy (non-hydrogen) atoms. The summed E-state index contributed by atoms with van der Waals surface area (Å²) in [4.78, 5) is 28.8. The summed E-state index contributed by atoms with van der Waals surface area (Å²) in [5, 5.41) is 27.7. The van der Waals surface area contributed by atoms with Gasteiger partial charge in [0, 0.05) is 12.7 Å². The van der Waals surface area contributed by atoms with Gasteiger partial charge in [-0.15, -0.1) is 10.2 Å². The summed E-state index contributed by atoms with van der Waals surface area (Å²) in [6, 6.07) is 0.311. The number of hydrogen-bond donors (Lipinski definition) is 4. The summed E-state index contributed by atoms with van der Waals surface area (Å²) in [7, 11) is -3.94. The fourth-order valence-corrected chi connectivity index (χ4v) is 1.62. The van der Waals surface area contributed by atoms with E-state index in [1.807, 2.05) is 62.3 Å². The number of hydrogen-bond acceptors (Lipinski definition) is 9. The maximum absolute atomic E-state index is 11.0. The van der Waals surface area contributed by atoms with Crippen LogP contribution in [-0.2, 0) is 18.8 Å². The van der Waals surface area contributed by atoms with Crippen LogP contribution < -0.4 is 0 Å². The van der Waals surface area contributed by atoms with Gasteiger partial charge in [0.05, 0.1) is 30.3 Å². The lowest BCUT2D eigenvalue weighted by Crippen LogP contribution is -2.16. The molecule has 0 aliphatic heterocycles. The van der Waals surface area contributed by atoms with Crippen LogP contribution in [0.15, 0.2) is 0 Å². The van der Waals surface area contributed by atoms with Gasteiger partial charge < -0.3 is 29.5 Å². The Hall–Kier alpha value is -1.50. The average molecular weight is 709 g/mol. The van der Waals surface area contributed by atoms with E-state index in [0.717, 1.165) is 11.7 Å². The van der Waals surface area contributed by atoms with Crippen molar-refractivity contribution in [2.24, 2.45) is 17.8 Å². The molecule has 0 radical (unpaired) electrons. The number of carbonyl (C=O) groups excluding carboxylic acids is 1. The second kappa shape index (κ2) is 40.7. The molecule has 0 aromatic carbocycles. The van der Waals surface area contributed by atoms with Crippen molar-refractivity contribution in [3.8, 4) is 0 Å². The predicted octanol–water partition coefficient (Wildman–Crippen LogP) is 8.17. The van der Waals surface area contributed by atoms with Crippen LogP contribution in [0.1, 0.15) is 150 Å². The van der Waals surface area contributed by atoms with E-state index < -0.39 is 20.1 Å². The molecule has 1 aromatic rings. The Morgan fingerprint density at radius 1 is 0.851 bits per heavy atom. The molecule has 0 saturated carbocycles. The van der Waals surface area contributed by atoms with Gasteiger partial charge in [-0.1, -0.05) is 68.7 Å². The zero-order valence-electron chi connectivity index (χ0n) is 33.8. The van der Waals surface area contributed by atoms with E-state index in [4.69, 9.17) is 24.7 Å². The molecule has 0 bridgehead atoms. The van der Waals surface area contributed by atoms with E-state index in [0.29, 0.717) is 18.6 Å². The maximum atomic E-state index is 11.0. The molecule has 14 heteroatoms. The van der Waals surface area contributed by atoms with E-state index in [1.54, 1.807) is 32.5 Å². The standard InChI is InChI=1S/C7H14O2.C5H10N4.C4H11O4P.C4H10O.C4H10.C3H7F.C3H8O.C3H8/c1-5(2)7(8)9-6(3)4;1-4(2)9-7-5(3)6-8-9;1-4(2)8-3-9(5,6)7;1-4(2)3-5;1-4(2)3;2*1-3(2)4;1-3-2/h5-6H,1-4H3;4H,1-3H3;4H,3H2,1-2H3,(H2,5,6,7);4-5H,3H2,1-2H3;4H,1-3H3;3H,1-2H3;3-4H,1-2H3;3H2,1-2H3. The van der Waals surface area contributed by atoms with Crippen molar-refractivity contribution in [3.05, 3.63) is 5.82 Å². The molecule has 0 atom stereocenters. The largest absolute Gasteiger partial charge is 0.463 e. The van der Waals surface area contributed by atoms with Gasteiger partial charge in [-0.05, 0) is 93.2 Å². The monoisotopic (exact) mass is 709 g/mol. The van der Waals surface area contributed by atoms with Crippen molar-refractivity contribution in [1.82, 2.24) is 20.2 Å². The molecule has 1 heterocycles. The van der Waals surface area contributed by atoms with Crippen LogP contribution in [0.25, 0.3) is 0 Å². The van der Waals surface area contributed by atoms with Gasteiger partial charge in [0.25, 0.3) is 0 Å². The van der Waals surface area contributed by atoms with E-state index in [1.165, 1.54) is 20.3 Å². The molecule has 0 fully saturated rings. The number of aliphatic hydroxyl groups excluding tert-OH is 2. The molecule has 0 unspecified atom stereocenters. The normalized spacial score (nSPS) is 10.1. The lowest BCUT2D eigenvalue weighted by Gasteiger charge is -2.08. The number of alkyl halides is 1. The first kappa shape index (κ1) is 60.8. The second-order valence-corrected chi connectivity index (χ2v) is 14.6. The van der Waals surface area contributed by atoms with Crippen LogP contribution >= 0.6 is 7.60 Å². The van der Waals surface area contributed by atoms with Gasteiger partial charge in [0.1, 0.15) is 6.35 Å². The fraction of sp³-hybridized carbons (Fsp3) is 0.939. The van der Waals surface area contributed by atoms with Crippen molar-refractivity contribution in [1.29, 1.82) is 0 Å². The maximum Gasteiger partial charge on any atom is 0.350 e. The third-order valence-electron chi connectivity index (χ3n) is 2.75. The number of halogens is 1. The molecular weight excluding hydrogens is 630 g/mol. The van der Waals surface area contributed by atoms with Crippen molar-refractivity contribution < 1.29 is 43.2 Å². The number of aryl methyl sites for hydroxylation is 1. The fourth-order valence-electron chi connectivity index (χ4n) is 1.13. The molecule has 1 rings (SSSR count). The Labute approximate surface area is 288 Å². The lowest BCUT2D eigenvalue weighted by molar-refractivity contribution is -0.151. The summed E-state index contributed by atoms with van der Waals surface area (Å²) < 4.78 is 30.6. The van der Waals surface area contributed by atoms with Gasteiger partial charge in [-0.3, -0.25) is 9.36 Å². The quantitative estimate of drug-likeness (QED) is 0.159. The van der Waals surface area contributed by atoms with Crippen LogP contribution in [0.3, 0.4) is 0 Å². The summed E-state index contributed by atoms with van der Waals surface area (Å²) >= 11 is 0. The molecule has 12 nitrogen and oxygen atoms in total. The topological polar surface area (TPSA) is 177 Å². The highest BCUT2D eigenvalue weighted by Gasteiger charge is 2.13. The van der Waals surface area contributed by atoms with Gasteiger partial charge in [0.2, 0.25) is 0 Å². The Morgan fingerprint density at radius 3 is 1.26 bits per heavy atom. The SMILES string of the molecule is CC(C)C.CC(C)CO.CC(C)F.CC(C)O.CC(C)OC(=O)C(C)C.CC(C)OCP(=O)(O)O.CCC.Cc1nnn(C(C)C)n1. The number of rotatable bonds is 7. The molecule has 0 spiro atoms. The third kappa shape index (κ3) is 106. The Kier molecular flexibility index (Phi) is 52.6. The number of tetrazole rings is 1. The smallest absolute Gasteiger partial charge is 0.350 e. The molecule has 290 valence electrons. The van der Waals surface area contributed by atoms with Gasteiger partial charge in [0.15, 0.2) is 5.82 Å². The van der Waals surface area contributed by atoms with Gasteiger partial charge >= 0.3 is 13.6 Å². The molecule has 4 N–H and O–H groups in total. The van der Waals surface area contributed by atoms with Crippen LogP contribution in [0.2, 0.25) is 0 Å². The highest BCUT2D eigenvalue weighted by Crippen LogP contribution is 2.34. The van der Waals surface area contributed by atoms with Crippen molar-refractivity contribution in [2.45, 2.75) is 175 Å². The van der Waals surface area contributed by atoms with Crippen LogP contribution in [0.5, 0.6) is 0 Å². The second-order valence-electron chi connectivity index (χ2n) is 13.0. The van der Waals surface area contributed by atoms with Gasteiger partial charge in [-0.2, -0.15) is 4.80 Å². The first-order valence-corrected chi connectivity index (χ1v) is 18.4. The minimum Gasteiger partial charge on any atom is -0.463 e. The highest BCUT2D eigenvalue weighted by molar-refractivity contribution is 7.51. The molecular formula is C33H78FN4O8P.